The average molecular weight is 354 g/mol. The summed E-state index contributed by atoms with van der Waals surface area (Å²) in [7, 11) is 3.09. The maximum atomic E-state index is 12.3. The zero-order valence-electron chi connectivity index (χ0n) is 14.4. The summed E-state index contributed by atoms with van der Waals surface area (Å²) in [5, 5.41) is 11.6. The number of likely N-dealkylation sites (tertiary alicyclic amines) is 1. The second-order valence-electron chi connectivity index (χ2n) is 5.64. The van der Waals surface area contributed by atoms with Gasteiger partial charge in [0.05, 0.1) is 32.9 Å². The molecule has 1 aliphatic heterocycles. The highest BCUT2D eigenvalue weighted by atomic mass is 16.5. The number of carbonyl (C=O) groups is 1. The van der Waals surface area contributed by atoms with Crippen molar-refractivity contribution in [3.05, 3.63) is 42.1 Å². The Kier molecular flexibility index (Phi) is 5.08. The Balaban J connectivity index is 1.51. The number of benzene rings is 1. The third kappa shape index (κ3) is 3.78. The minimum Gasteiger partial charge on any atom is -0.493 e. The van der Waals surface area contributed by atoms with E-state index in [2.05, 4.69) is 10.3 Å². The standard InChI is InChI=1S/C18H18N4O4/c1-24-15-5-4-13(7-16(15)25-2)21-18(23)22-10-14(11-22)26-17-6-3-12(8-19)9-20-17/h3-7,9,14H,10-11H2,1-2H3,(H,21,23). The van der Waals surface area contributed by atoms with E-state index in [0.29, 0.717) is 41.7 Å². The third-order valence-corrected chi connectivity index (χ3v) is 3.92. The number of urea groups is 1. The highest BCUT2D eigenvalue weighted by Gasteiger charge is 2.32. The van der Waals surface area contributed by atoms with Crippen molar-refractivity contribution < 1.29 is 19.0 Å². The van der Waals surface area contributed by atoms with Crippen molar-refractivity contribution in [3.63, 3.8) is 0 Å². The number of ether oxygens (including phenoxy) is 3. The van der Waals surface area contributed by atoms with Crippen molar-refractivity contribution in [2.75, 3.05) is 32.6 Å². The van der Waals surface area contributed by atoms with Crippen LogP contribution < -0.4 is 19.5 Å². The van der Waals surface area contributed by atoms with E-state index in [1.807, 2.05) is 6.07 Å². The van der Waals surface area contributed by atoms with Gasteiger partial charge >= 0.3 is 6.03 Å². The smallest absolute Gasteiger partial charge is 0.322 e. The summed E-state index contributed by atoms with van der Waals surface area (Å²) >= 11 is 0. The lowest BCUT2D eigenvalue weighted by Crippen LogP contribution is -2.57. The van der Waals surface area contributed by atoms with Crippen LogP contribution in [-0.4, -0.2) is 49.3 Å². The van der Waals surface area contributed by atoms with E-state index >= 15 is 0 Å². The Labute approximate surface area is 150 Å². The van der Waals surface area contributed by atoms with Gasteiger partial charge in [0.15, 0.2) is 11.5 Å². The lowest BCUT2D eigenvalue weighted by Gasteiger charge is -2.38. The molecule has 1 saturated heterocycles. The summed E-state index contributed by atoms with van der Waals surface area (Å²) < 4.78 is 16.1. The normalized spacial score (nSPS) is 13.3. The summed E-state index contributed by atoms with van der Waals surface area (Å²) in [4.78, 5) is 18.0. The number of pyridine rings is 1. The zero-order chi connectivity index (χ0) is 18.5. The maximum Gasteiger partial charge on any atom is 0.322 e. The Hall–Kier alpha value is -3.47. The number of nitriles is 1. The molecule has 1 aromatic carbocycles. The van der Waals surface area contributed by atoms with Crippen molar-refractivity contribution >= 4 is 11.7 Å². The minimum absolute atomic E-state index is 0.119. The highest BCUT2D eigenvalue weighted by Crippen LogP contribution is 2.30. The number of hydrogen-bond acceptors (Lipinski definition) is 6. The van der Waals surface area contributed by atoms with Crippen LogP contribution in [0.15, 0.2) is 36.5 Å². The average Bonchev–Trinajstić information content (AvgIpc) is 2.64. The van der Waals surface area contributed by atoms with Gasteiger partial charge in [-0.25, -0.2) is 9.78 Å². The molecule has 0 radical (unpaired) electrons. The number of amides is 2. The maximum absolute atomic E-state index is 12.3. The number of nitrogens with zero attached hydrogens (tertiary/aromatic N) is 3. The van der Waals surface area contributed by atoms with Crippen molar-refractivity contribution in [3.8, 4) is 23.4 Å². The van der Waals surface area contributed by atoms with E-state index < -0.39 is 0 Å². The van der Waals surface area contributed by atoms with E-state index in [-0.39, 0.29) is 12.1 Å². The molecular formula is C18H18N4O4. The van der Waals surface area contributed by atoms with Gasteiger partial charge in [-0.05, 0) is 18.2 Å². The van der Waals surface area contributed by atoms with Crippen molar-refractivity contribution in [2.45, 2.75) is 6.10 Å². The second kappa shape index (κ2) is 7.61. The van der Waals surface area contributed by atoms with Gasteiger partial charge in [-0.3, -0.25) is 0 Å². The van der Waals surface area contributed by atoms with Crippen LogP contribution in [0, 0.1) is 11.3 Å². The molecule has 1 N–H and O–H groups in total. The van der Waals surface area contributed by atoms with Gasteiger partial charge in [0.2, 0.25) is 5.88 Å². The summed E-state index contributed by atoms with van der Waals surface area (Å²) in [5.41, 5.74) is 1.09. The molecule has 0 saturated carbocycles. The molecule has 3 rings (SSSR count). The van der Waals surface area contributed by atoms with Crippen molar-refractivity contribution in [1.82, 2.24) is 9.88 Å². The molecule has 8 nitrogen and oxygen atoms in total. The fraction of sp³-hybridized carbons (Fsp3) is 0.278. The number of anilines is 1. The number of nitrogens with one attached hydrogen (secondary N) is 1. The predicted octanol–water partition coefficient (Wildman–Crippen LogP) is 2.27. The molecule has 1 aliphatic rings. The van der Waals surface area contributed by atoms with Crippen LogP contribution >= 0.6 is 0 Å². The van der Waals surface area contributed by atoms with Gasteiger partial charge < -0.3 is 24.4 Å². The molecule has 0 bridgehead atoms. The molecule has 26 heavy (non-hydrogen) atoms. The van der Waals surface area contributed by atoms with Crippen LogP contribution in [0.3, 0.4) is 0 Å². The number of aromatic nitrogens is 1. The molecular weight excluding hydrogens is 336 g/mol. The topological polar surface area (TPSA) is 96.7 Å². The third-order valence-electron chi connectivity index (χ3n) is 3.92. The quantitative estimate of drug-likeness (QED) is 0.885. The lowest BCUT2D eigenvalue weighted by atomic mass is 10.2. The zero-order valence-corrected chi connectivity index (χ0v) is 14.4. The molecule has 2 aromatic rings. The predicted molar refractivity (Wildman–Crippen MR) is 93.5 cm³/mol. The van der Waals surface area contributed by atoms with Gasteiger partial charge in [0.25, 0.3) is 0 Å². The summed E-state index contributed by atoms with van der Waals surface area (Å²) in [6.07, 6.45) is 1.34. The van der Waals surface area contributed by atoms with Gasteiger partial charge in [-0.15, -0.1) is 0 Å². The highest BCUT2D eigenvalue weighted by molar-refractivity contribution is 5.90. The first-order valence-electron chi connectivity index (χ1n) is 7.93. The first-order valence-corrected chi connectivity index (χ1v) is 7.93. The monoisotopic (exact) mass is 354 g/mol. The fourth-order valence-corrected chi connectivity index (χ4v) is 2.48. The number of carbonyl (C=O) groups excluding carboxylic acids is 1. The minimum atomic E-state index is -0.218. The van der Waals surface area contributed by atoms with Crippen LogP contribution in [0.1, 0.15) is 5.56 Å². The second-order valence-corrected chi connectivity index (χ2v) is 5.64. The van der Waals surface area contributed by atoms with E-state index in [0.717, 1.165) is 0 Å². The van der Waals surface area contributed by atoms with Gasteiger partial charge in [-0.1, -0.05) is 0 Å². The molecule has 134 valence electrons. The molecule has 0 atom stereocenters. The summed E-state index contributed by atoms with van der Waals surface area (Å²) in [5.74, 6) is 1.58. The summed E-state index contributed by atoms with van der Waals surface area (Å²) in [6.45, 7) is 0.918. The number of methoxy groups -OCH3 is 2. The largest absolute Gasteiger partial charge is 0.493 e. The van der Waals surface area contributed by atoms with Gasteiger partial charge in [-0.2, -0.15) is 5.26 Å². The molecule has 0 aliphatic carbocycles. The van der Waals surface area contributed by atoms with Crippen molar-refractivity contribution in [2.24, 2.45) is 0 Å². The van der Waals surface area contributed by atoms with E-state index in [4.69, 9.17) is 19.5 Å². The molecule has 8 heteroatoms. The first-order chi connectivity index (χ1) is 12.6. The SMILES string of the molecule is COc1ccc(NC(=O)N2CC(Oc3ccc(C#N)cn3)C2)cc1OC. The summed E-state index contributed by atoms with van der Waals surface area (Å²) in [6, 6.07) is 10.2. The lowest BCUT2D eigenvalue weighted by molar-refractivity contribution is 0.0461. The van der Waals surface area contributed by atoms with E-state index in [9.17, 15) is 4.79 Å². The number of rotatable bonds is 5. The fourth-order valence-electron chi connectivity index (χ4n) is 2.48. The van der Waals surface area contributed by atoms with Crippen molar-refractivity contribution in [1.29, 1.82) is 5.26 Å². The molecule has 1 aromatic heterocycles. The Morgan fingerprint density at radius 3 is 2.62 bits per heavy atom. The first kappa shape index (κ1) is 17.4. The van der Waals surface area contributed by atoms with Crippen LogP contribution in [0.25, 0.3) is 0 Å². The Bertz CT molecular complexity index is 826. The van der Waals surface area contributed by atoms with E-state index in [1.165, 1.54) is 13.3 Å². The molecule has 1 fully saturated rings. The van der Waals surface area contributed by atoms with Crippen LogP contribution in [-0.2, 0) is 0 Å². The van der Waals surface area contributed by atoms with Crippen LogP contribution in [0.2, 0.25) is 0 Å². The van der Waals surface area contributed by atoms with Crippen LogP contribution in [0.4, 0.5) is 10.5 Å². The Morgan fingerprint density at radius 1 is 1.23 bits per heavy atom. The van der Waals surface area contributed by atoms with E-state index in [1.54, 1.807) is 42.3 Å². The van der Waals surface area contributed by atoms with Gasteiger partial charge in [0.1, 0.15) is 12.2 Å². The van der Waals surface area contributed by atoms with Gasteiger partial charge in [0, 0.05) is 24.0 Å². The molecule has 0 spiro atoms. The number of hydrogen-bond donors (Lipinski definition) is 1. The molecule has 2 amide bonds. The molecule has 0 unspecified atom stereocenters. The molecule has 2 heterocycles. The van der Waals surface area contributed by atoms with Crippen LogP contribution in [0.5, 0.6) is 17.4 Å². The Morgan fingerprint density at radius 2 is 2.00 bits per heavy atom.